The van der Waals surface area contributed by atoms with Crippen LogP contribution in [0.4, 0.5) is 0 Å². The van der Waals surface area contributed by atoms with E-state index >= 15 is 0 Å². The van der Waals surface area contributed by atoms with Crippen LogP contribution in [0.2, 0.25) is 0 Å². The summed E-state index contributed by atoms with van der Waals surface area (Å²) in [6.07, 6.45) is 4.92. The van der Waals surface area contributed by atoms with Crippen molar-refractivity contribution in [3.05, 3.63) is 0 Å². The number of hydrogen-bond donors (Lipinski definition) is 1. The lowest BCUT2D eigenvalue weighted by molar-refractivity contribution is -0.0169. The first-order valence-corrected chi connectivity index (χ1v) is 6.54. The number of aliphatic hydroxyl groups is 1. The maximum absolute atomic E-state index is 8.75. The van der Waals surface area contributed by atoms with Gasteiger partial charge in [0.2, 0.25) is 0 Å². The maximum atomic E-state index is 8.75. The van der Waals surface area contributed by atoms with Gasteiger partial charge in [-0.3, -0.25) is 0 Å². The molecule has 3 nitrogen and oxygen atoms in total. The average molecular weight is 232 g/mol. The molecule has 0 heterocycles. The highest BCUT2D eigenvalue weighted by Gasteiger charge is 2.06. The van der Waals surface area contributed by atoms with E-state index in [-0.39, 0.29) is 12.7 Å². The molecule has 0 aliphatic heterocycles. The van der Waals surface area contributed by atoms with Crippen LogP contribution < -0.4 is 0 Å². The van der Waals surface area contributed by atoms with Crippen LogP contribution in [-0.4, -0.2) is 37.6 Å². The molecule has 0 aromatic rings. The van der Waals surface area contributed by atoms with Crippen molar-refractivity contribution in [2.45, 2.75) is 52.6 Å². The third-order valence-electron chi connectivity index (χ3n) is 2.78. The Hall–Kier alpha value is -0.120. The molecule has 0 aromatic carbocycles. The van der Waals surface area contributed by atoms with E-state index in [9.17, 15) is 0 Å². The van der Waals surface area contributed by atoms with Gasteiger partial charge in [-0.15, -0.1) is 0 Å². The van der Waals surface area contributed by atoms with Crippen LogP contribution in [0.5, 0.6) is 0 Å². The van der Waals surface area contributed by atoms with Crippen molar-refractivity contribution in [2.24, 2.45) is 5.92 Å². The molecule has 0 fully saturated rings. The number of unbranched alkanes of at least 4 members (excludes halogenated alkanes) is 1. The molecule has 0 bridgehead atoms. The average Bonchev–Trinajstić information content (AvgIpc) is 2.32. The second-order valence-corrected chi connectivity index (χ2v) is 4.36. The summed E-state index contributed by atoms with van der Waals surface area (Å²) in [4.78, 5) is 0. The highest BCUT2D eigenvalue weighted by atomic mass is 16.5. The summed E-state index contributed by atoms with van der Waals surface area (Å²) < 4.78 is 10.9. The fraction of sp³-hybridized carbons (Fsp3) is 1.00. The van der Waals surface area contributed by atoms with E-state index in [1.165, 1.54) is 25.7 Å². The Morgan fingerprint density at radius 3 is 2.50 bits per heavy atom. The number of aliphatic hydroxyl groups excluding tert-OH is 1. The molecule has 0 radical (unpaired) electrons. The van der Waals surface area contributed by atoms with Crippen molar-refractivity contribution in [1.29, 1.82) is 0 Å². The van der Waals surface area contributed by atoms with Crippen LogP contribution in [0, 0.1) is 5.92 Å². The minimum absolute atomic E-state index is 0.0775. The van der Waals surface area contributed by atoms with Gasteiger partial charge < -0.3 is 14.6 Å². The smallest absolute Gasteiger partial charge is 0.0778 e. The summed E-state index contributed by atoms with van der Waals surface area (Å²) in [5.74, 6) is 0.690. The van der Waals surface area contributed by atoms with Crippen molar-refractivity contribution >= 4 is 0 Å². The Morgan fingerprint density at radius 2 is 1.94 bits per heavy atom. The van der Waals surface area contributed by atoms with Gasteiger partial charge in [0.25, 0.3) is 0 Å². The molecule has 0 spiro atoms. The van der Waals surface area contributed by atoms with Crippen molar-refractivity contribution in [3.8, 4) is 0 Å². The fourth-order valence-corrected chi connectivity index (χ4v) is 1.51. The van der Waals surface area contributed by atoms with E-state index in [2.05, 4.69) is 13.8 Å². The van der Waals surface area contributed by atoms with Gasteiger partial charge in [0, 0.05) is 6.61 Å². The zero-order valence-corrected chi connectivity index (χ0v) is 11.1. The Kier molecular flexibility index (Phi) is 11.3. The lowest BCUT2D eigenvalue weighted by Gasteiger charge is -2.15. The third-order valence-corrected chi connectivity index (χ3v) is 2.78. The minimum Gasteiger partial charge on any atom is -0.394 e. The maximum Gasteiger partial charge on any atom is 0.0778 e. The molecule has 0 saturated heterocycles. The van der Waals surface area contributed by atoms with E-state index in [4.69, 9.17) is 14.6 Å². The Balaban J connectivity index is 3.33. The van der Waals surface area contributed by atoms with Gasteiger partial charge in [-0.2, -0.15) is 0 Å². The fourth-order valence-electron chi connectivity index (χ4n) is 1.51. The number of ether oxygens (including phenoxy) is 2. The Morgan fingerprint density at radius 1 is 1.19 bits per heavy atom. The molecular weight excluding hydrogens is 204 g/mol. The molecule has 2 atom stereocenters. The van der Waals surface area contributed by atoms with E-state index in [1.807, 2.05) is 6.92 Å². The van der Waals surface area contributed by atoms with E-state index in [0.717, 1.165) is 6.61 Å². The molecule has 16 heavy (non-hydrogen) atoms. The monoisotopic (exact) mass is 232 g/mol. The van der Waals surface area contributed by atoms with Gasteiger partial charge in [0.05, 0.1) is 25.9 Å². The van der Waals surface area contributed by atoms with E-state index in [0.29, 0.717) is 19.1 Å². The molecule has 2 unspecified atom stereocenters. The summed E-state index contributed by atoms with van der Waals surface area (Å²) in [6, 6.07) is 0. The van der Waals surface area contributed by atoms with Gasteiger partial charge in [0.15, 0.2) is 0 Å². The van der Waals surface area contributed by atoms with Gasteiger partial charge in [-0.1, -0.05) is 33.1 Å². The zero-order valence-electron chi connectivity index (χ0n) is 11.1. The largest absolute Gasteiger partial charge is 0.394 e. The summed E-state index contributed by atoms with van der Waals surface area (Å²) in [5.41, 5.74) is 0. The van der Waals surface area contributed by atoms with Gasteiger partial charge >= 0.3 is 0 Å². The van der Waals surface area contributed by atoms with E-state index < -0.39 is 0 Å². The summed E-state index contributed by atoms with van der Waals surface area (Å²) in [5, 5.41) is 8.75. The minimum atomic E-state index is -0.0781. The molecule has 0 aliphatic rings. The molecular formula is C13H28O3. The zero-order chi connectivity index (χ0) is 12.2. The predicted molar refractivity (Wildman–Crippen MR) is 66.6 cm³/mol. The lowest BCUT2D eigenvalue weighted by Crippen LogP contribution is -2.18. The second kappa shape index (κ2) is 11.4. The molecule has 0 aliphatic carbocycles. The van der Waals surface area contributed by atoms with Gasteiger partial charge in [-0.05, 0) is 19.3 Å². The standard InChI is InChI=1S/C13H28O3/c1-4-6-7-13(5-2)11-15-8-9-16-12(3)10-14/h12-14H,4-11H2,1-3H3. The Bertz CT molecular complexity index is 139. The van der Waals surface area contributed by atoms with E-state index in [1.54, 1.807) is 0 Å². The number of rotatable bonds is 11. The van der Waals surface area contributed by atoms with Crippen LogP contribution in [0.3, 0.4) is 0 Å². The molecule has 1 N–H and O–H groups in total. The Labute approximate surface area is 100 Å². The topological polar surface area (TPSA) is 38.7 Å². The number of hydrogen-bond acceptors (Lipinski definition) is 3. The molecule has 0 saturated carbocycles. The van der Waals surface area contributed by atoms with Crippen LogP contribution in [0.25, 0.3) is 0 Å². The van der Waals surface area contributed by atoms with Crippen molar-refractivity contribution in [1.82, 2.24) is 0 Å². The van der Waals surface area contributed by atoms with Crippen LogP contribution in [0.1, 0.15) is 46.5 Å². The predicted octanol–water partition coefficient (Wildman–Crippen LogP) is 2.62. The summed E-state index contributed by atoms with van der Waals surface area (Å²) in [7, 11) is 0. The molecule has 98 valence electrons. The van der Waals surface area contributed by atoms with Crippen LogP contribution >= 0.6 is 0 Å². The molecule has 0 amide bonds. The summed E-state index contributed by atoms with van der Waals surface area (Å²) in [6.45, 7) is 8.42. The first kappa shape index (κ1) is 15.9. The van der Waals surface area contributed by atoms with Gasteiger partial charge in [0.1, 0.15) is 0 Å². The SMILES string of the molecule is CCCCC(CC)COCCOC(C)CO. The quantitative estimate of drug-likeness (QED) is 0.557. The molecule has 0 rings (SSSR count). The van der Waals surface area contributed by atoms with Crippen molar-refractivity contribution in [3.63, 3.8) is 0 Å². The summed E-state index contributed by atoms with van der Waals surface area (Å²) >= 11 is 0. The lowest BCUT2D eigenvalue weighted by atomic mass is 10.0. The second-order valence-electron chi connectivity index (χ2n) is 4.36. The van der Waals surface area contributed by atoms with Crippen LogP contribution in [-0.2, 0) is 9.47 Å². The highest BCUT2D eigenvalue weighted by Crippen LogP contribution is 2.12. The first-order valence-electron chi connectivity index (χ1n) is 6.54. The highest BCUT2D eigenvalue weighted by molar-refractivity contribution is 4.55. The van der Waals surface area contributed by atoms with Crippen LogP contribution in [0.15, 0.2) is 0 Å². The van der Waals surface area contributed by atoms with Crippen molar-refractivity contribution < 1.29 is 14.6 Å². The normalized spacial score (nSPS) is 15.0. The van der Waals surface area contributed by atoms with Gasteiger partial charge in [-0.25, -0.2) is 0 Å². The third kappa shape index (κ3) is 9.13. The van der Waals surface area contributed by atoms with Crippen molar-refractivity contribution in [2.75, 3.05) is 26.4 Å². The molecule has 0 aromatic heterocycles. The molecule has 3 heteroatoms. The first-order chi connectivity index (χ1) is 7.74.